The lowest BCUT2D eigenvalue weighted by Gasteiger charge is -1.88. The molecule has 1 rings (SSSR count). The highest BCUT2D eigenvalue weighted by Crippen LogP contribution is 2.07. The summed E-state index contributed by atoms with van der Waals surface area (Å²) in [5, 5.41) is 0.801. The minimum absolute atomic E-state index is 0.801. The van der Waals surface area contributed by atoms with Crippen LogP contribution in [0, 0.1) is 13.8 Å². The van der Waals surface area contributed by atoms with Gasteiger partial charge in [-0.05, 0) is 26.0 Å². The first-order chi connectivity index (χ1) is 5.20. The van der Waals surface area contributed by atoms with Gasteiger partial charge in [-0.25, -0.2) is 0 Å². The van der Waals surface area contributed by atoms with Crippen LogP contribution in [-0.2, 0) is 0 Å². The van der Waals surface area contributed by atoms with Crippen LogP contribution >= 0.6 is 11.6 Å². The zero-order valence-electron chi connectivity index (χ0n) is 6.68. The van der Waals surface area contributed by atoms with Gasteiger partial charge in [0.15, 0.2) is 0 Å². The Bertz CT molecular complexity index is 178. The summed E-state index contributed by atoms with van der Waals surface area (Å²) in [6, 6.07) is 7.75. The van der Waals surface area contributed by atoms with E-state index in [2.05, 4.69) is 13.5 Å². The van der Waals surface area contributed by atoms with Crippen LogP contribution in [0.5, 0.6) is 0 Å². The lowest BCUT2D eigenvalue weighted by molar-refractivity contribution is 1.48. The molecule has 0 fully saturated rings. The number of halogens is 1. The maximum absolute atomic E-state index is 5.61. The van der Waals surface area contributed by atoms with Crippen LogP contribution in [0.2, 0.25) is 5.02 Å². The summed E-state index contributed by atoms with van der Waals surface area (Å²) >= 11 is 5.61. The third kappa shape index (κ3) is 5.68. The zero-order valence-corrected chi connectivity index (χ0v) is 7.43. The molecule has 1 radical (unpaired) electrons. The first kappa shape index (κ1) is 10.2. The number of benzene rings is 1. The lowest BCUT2D eigenvalue weighted by atomic mass is 10.2. The van der Waals surface area contributed by atoms with Gasteiger partial charge < -0.3 is 0 Å². The van der Waals surface area contributed by atoms with E-state index in [1.807, 2.05) is 31.2 Å². The number of hydrogen-bond acceptors (Lipinski definition) is 0. The van der Waals surface area contributed by atoms with Gasteiger partial charge in [0.1, 0.15) is 0 Å². The third-order valence-corrected chi connectivity index (χ3v) is 1.26. The summed E-state index contributed by atoms with van der Waals surface area (Å²) in [5.41, 5.74) is 1.24. The fourth-order valence-corrected chi connectivity index (χ4v) is 0.659. The Morgan fingerprint density at radius 2 is 1.64 bits per heavy atom. The van der Waals surface area contributed by atoms with Gasteiger partial charge in [-0.3, -0.25) is 0 Å². The number of allylic oxidation sites excluding steroid dienone is 1. The Labute approximate surface area is 73.5 Å². The summed E-state index contributed by atoms with van der Waals surface area (Å²) in [6.45, 7) is 8.54. The Kier molecular flexibility index (Phi) is 5.58. The molecule has 0 heterocycles. The van der Waals surface area contributed by atoms with Crippen molar-refractivity contribution in [2.75, 3.05) is 0 Å². The molecule has 11 heavy (non-hydrogen) atoms. The van der Waals surface area contributed by atoms with E-state index in [4.69, 9.17) is 11.6 Å². The van der Waals surface area contributed by atoms with Crippen LogP contribution in [0.4, 0.5) is 0 Å². The Morgan fingerprint density at radius 1 is 1.27 bits per heavy atom. The van der Waals surface area contributed by atoms with E-state index in [0.717, 1.165) is 5.02 Å². The molecule has 0 aliphatic rings. The fraction of sp³-hybridized carbons (Fsp3) is 0.100. The molecule has 1 aromatic carbocycles. The van der Waals surface area contributed by atoms with Crippen molar-refractivity contribution in [3.05, 3.63) is 54.4 Å². The molecule has 0 N–H and O–H groups in total. The highest BCUT2D eigenvalue weighted by molar-refractivity contribution is 6.30. The number of rotatable bonds is 0. The van der Waals surface area contributed by atoms with Crippen molar-refractivity contribution in [2.24, 2.45) is 0 Å². The molecule has 0 bridgehead atoms. The van der Waals surface area contributed by atoms with Crippen molar-refractivity contribution in [1.29, 1.82) is 0 Å². The molecule has 59 valence electrons. The van der Waals surface area contributed by atoms with Gasteiger partial charge in [-0.15, -0.1) is 6.58 Å². The molecule has 0 aliphatic carbocycles. The molecule has 0 atom stereocenters. The predicted molar refractivity (Wildman–Crippen MR) is 51.7 cm³/mol. The van der Waals surface area contributed by atoms with E-state index in [1.165, 1.54) is 11.6 Å². The third-order valence-electron chi connectivity index (χ3n) is 1.01. The molecule has 1 aromatic rings. The normalized spacial score (nSPS) is 7.91. The summed E-state index contributed by atoms with van der Waals surface area (Å²) in [6.07, 6.45) is 1.50. The topological polar surface area (TPSA) is 0 Å². The minimum Gasteiger partial charge on any atom is -0.103 e. The first-order valence-corrected chi connectivity index (χ1v) is 3.70. The second-order valence-electron chi connectivity index (χ2n) is 2.08. The van der Waals surface area contributed by atoms with Gasteiger partial charge >= 0.3 is 0 Å². The van der Waals surface area contributed by atoms with Gasteiger partial charge in [0.25, 0.3) is 0 Å². The van der Waals surface area contributed by atoms with Crippen molar-refractivity contribution in [3.8, 4) is 0 Å². The highest BCUT2D eigenvalue weighted by Gasteiger charge is 1.81. The van der Waals surface area contributed by atoms with E-state index in [0.29, 0.717) is 0 Å². The summed E-state index contributed by atoms with van der Waals surface area (Å²) in [7, 11) is 0. The molecular formula is C10H12Cl. The van der Waals surface area contributed by atoms with Crippen LogP contribution in [0.25, 0.3) is 0 Å². The quantitative estimate of drug-likeness (QED) is 0.553. The van der Waals surface area contributed by atoms with Crippen LogP contribution < -0.4 is 0 Å². The largest absolute Gasteiger partial charge is 0.103 e. The monoisotopic (exact) mass is 167 g/mol. The van der Waals surface area contributed by atoms with Gasteiger partial charge in [0, 0.05) is 5.02 Å². The van der Waals surface area contributed by atoms with E-state index < -0.39 is 0 Å². The fourth-order valence-electron chi connectivity index (χ4n) is 0.533. The molecular weight excluding hydrogens is 156 g/mol. The van der Waals surface area contributed by atoms with Gasteiger partial charge in [-0.2, -0.15) is 0 Å². The summed E-state index contributed by atoms with van der Waals surface area (Å²) < 4.78 is 0. The predicted octanol–water partition coefficient (Wildman–Crippen LogP) is 3.65. The minimum atomic E-state index is 0.801. The molecule has 1 heteroatoms. The first-order valence-electron chi connectivity index (χ1n) is 3.33. The maximum Gasteiger partial charge on any atom is 0.0406 e. The van der Waals surface area contributed by atoms with Crippen LogP contribution in [-0.4, -0.2) is 0 Å². The average Bonchev–Trinajstić information content (AvgIpc) is 1.97. The van der Waals surface area contributed by atoms with Gasteiger partial charge in [-0.1, -0.05) is 35.4 Å². The number of hydrogen-bond donors (Lipinski definition) is 0. The van der Waals surface area contributed by atoms with Crippen molar-refractivity contribution in [1.82, 2.24) is 0 Å². The van der Waals surface area contributed by atoms with Crippen molar-refractivity contribution < 1.29 is 0 Å². The highest BCUT2D eigenvalue weighted by atomic mass is 35.5. The van der Waals surface area contributed by atoms with E-state index >= 15 is 0 Å². The van der Waals surface area contributed by atoms with Crippen molar-refractivity contribution in [2.45, 2.75) is 6.92 Å². The van der Waals surface area contributed by atoms with Crippen molar-refractivity contribution >= 4 is 11.6 Å². The summed E-state index contributed by atoms with van der Waals surface area (Å²) in [5.74, 6) is 0. The van der Waals surface area contributed by atoms with E-state index in [1.54, 1.807) is 0 Å². The summed E-state index contributed by atoms with van der Waals surface area (Å²) in [4.78, 5) is 0. The van der Waals surface area contributed by atoms with E-state index in [-0.39, 0.29) is 0 Å². The Balaban J connectivity index is 0.000000292. The van der Waals surface area contributed by atoms with Gasteiger partial charge in [0.05, 0.1) is 0 Å². The van der Waals surface area contributed by atoms with Crippen molar-refractivity contribution in [3.63, 3.8) is 0 Å². The Morgan fingerprint density at radius 3 is 1.91 bits per heavy atom. The molecule has 0 spiro atoms. The molecule has 0 amide bonds. The van der Waals surface area contributed by atoms with Gasteiger partial charge in [0.2, 0.25) is 0 Å². The lowest BCUT2D eigenvalue weighted by Crippen LogP contribution is -1.66. The molecule has 0 saturated heterocycles. The molecule has 0 nitrogen and oxygen atoms in total. The molecule has 0 unspecified atom stereocenters. The SMILES string of the molecule is Cc1ccc(Cl)cc1.[CH2]C=C. The van der Waals surface area contributed by atoms with Crippen LogP contribution in [0.1, 0.15) is 5.56 Å². The molecule has 0 aliphatic heterocycles. The zero-order chi connectivity index (χ0) is 8.69. The molecule has 0 saturated carbocycles. The van der Waals surface area contributed by atoms with Crippen LogP contribution in [0.3, 0.4) is 0 Å². The molecule has 0 aromatic heterocycles. The van der Waals surface area contributed by atoms with E-state index in [9.17, 15) is 0 Å². The second-order valence-corrected chi connectivity index (χ2v) is 2.52. The maximum atomic E-state index is 5.61. The smallest absolute Gasteiger partial charge is 0.0406 e. The second kappa shape index (κ2) is 5.99. The Hall–Kier alpha value is -0.750. The average molecular weight is 168 g/mol. The standard InChI is InChI=1S/C7H7Cl.C3H5/c1-6-2-4-7(8)5-3-6;1-3-2/h2-5H,1H3;3H,1-2H2. The van der Waals surface area contributed by atoms with Crippen LogP contribution in [0.15, 0.2) is 36.9 Å². The number of aryl methyl sites for hydroxylation is 1.